The molecule has 4 aromatic rings. The van der Waals surface area contributed by atoms with E-state index < -0.39 is 29.5 Å². The van der Waals surface area contributed by atoms with Crippen LogP contribution in [0.2, 0.25) is 0 Å². The van der Waals surface area contributed by atoms with Crippen molar-refractivity contribution in [2.24, 2.45) is 0 Å². The summed E-state index contributed by atoms with van der Waals surface area (Å²) >= 11 is 0. The Bertz CT molecular complexity index is 1330. The van der Waals surface area contributed by atoms with Gasteiger partial charge in [-0.15, -0.1) is 5.10 Å². The Balaban J connectivity index is 1.67. The van der Waals surface area contributed by atoms with Gasteiger partial charge in [0.2, 0.25) is 5.60 Å². The normalized spacial score (nSPS) is 13.9. The SMILES string of the molecule is CC[C@](O)(c1cn(Cc2ccc3c(-c4cc(OC)no4)cc(=O)oc3c2)nn1)C(F)(F)F. The highest BCUT2D eigenvalue weighted by Crippen LogP contribution is 2.40. The number of fused-ring (bicyclic) bond motifs is 1. The van der Waals surface area contributed by atoms with Crippen molar-refractivity contribution in [2.75, 3.05) is 7.11 Å². The van der Waals surface area contributed by atoms with Crippen molar-refractivity contribution in [3.63, 3.8) is 0 Å². The number of aliphatic hydroxyl groups is 1. The van der Waals surface area contributed by atoms with Gasteiger partial charge in [0, 0.05) is 23.1 Å². The van der Waals surface area contributed by atoms with Crippen LogP contribution >= 0.6 is 0 Å². The fraction of sp³-hybridized carbons (Fsp3) is 0.300. The summed E-state index contributed by atoms with van der Waals surface area (Å²) in [7, 11) is 1.43. The smallest absolute Gasteiger partial charge is 0.423 e. The second-order valence-electron chi connectivity index (χ2n) is 7.06. The maximum absolute atomic E-state index is 13.3. The number of alkyl halides is 3. The number of hydrogen-bond donors (Lipinski definition) is 1. The molecule has 9 nitrogen and oxygen atoms in total. The van der Waals surface area contributed by atoms with Gasteiger partial charge < -0.3 is 18.8 Å². The maximum atomic E-state index is 13.3. The molecular weight excluding hydrogens is 433 g/mol. The fourth-order valence-corrected chi connectivity index (χ4v) is 3.27. The molecule has 0 aliphatic rings. The first-order valence-corrected chi connectivity index (χ1v) is 9.42. The fourth-order valence-electron chi connectivity index (χ4n) is 3.27. The summed E-state index contributed by atoms with van der Waals surface area (Å²) in [6.45, 7) is 1.24. The largest absolute Gasteiger partial charge is 0.479 e. The Hall–Kier alpha value is -3.67. The number of aromatic nitrogens is 4. The zero-order valence-electron chi connectivity index (χ0n) is 16.9. The van der Waals surface area contributed by atoms with Crippen molar-refractivity contribution >= 4 is 11.0 Å². The van der Waals surface area contributed by atoms with Crippen molar-refractivity contribution in [2.45, 2.75) is 31.7 Å². The molecule has 1 aromatic carbocycles. The molecule has 12 heteroatoms. The molecule has 0 unspecified atom stereocenters. The summed E-state index contributed by atoms with van der Waals surface area (Å²) < 4.78 is 56.4. The van der Waals surface area contributed by atoms with Crippen LogP contribution in [-0.2, 0) is 12.1 Å². The molecule has 3 heterocycles. The molecule has 0 spiro atoms. The zero-order chi connectivity index (χ0) is 23.1. The van der Waals surface area contributed by atoms with E-state index in [1.807, 2.05) is 0 Å². The summed E-state index contributed by atoms with van der Waals surface area (Å²) in [5.74, 6) is 0.547. The average molecular weight is 450 g/mol. The molecule has 0 radical (unpaired) electrons. The van der Waals surface area contributed by atoms with Gasteiger partial charge >= 0.3 is 11.8 Å². The quantitative estimate of drug-likeness (QED) is 0.445. The number of benzene rings is 1. The molecule has 3 aromatic heterocycles. The Morgan fingerprint density at radius 1 is 1.22 bits per heavy atom. The van der Waals surface area contributed by atoms with E-state index in [-0.39, 0.29) is 18.0 Å². The van der Waals surface area contributed by atoms with Crippen LogP contribution in [0.3, 0.4) is 0 Å². The summed E-state index contributed by atoms with van der Waals surface area (Å²) in [6.07, 6.45) is -4.46. The maximum Gasteiger partial charge on any atom is 0.423 e. The number of hydrogen-bond acceptors (Lipinski definition) is 8. The first kappa shape index (κ1) is 21.6. The minimum atomic E-state index is -4.89. The molecule has 4 rings (SSSR count). The molecule has 0 aliphatic carbocycles. The van der Waals surface area contributed by atoms with Crippen LogP contribution in [0.4, 0.5) is 13.2 Å². The molecule has 0 aliphatic heterocycles. The van der Waals surface area contributed by atoms with Gasteiger partial charge in [0.15, 0.2) is 5.76 Å². The molecular formula is C20H17F3N4O5. The van der Waals surface area contributed by atoms with Gasteiger partial charge in [-0.2, -0.15) is 13.2 Å². The van der Waals surface area contributed by atoms with Gasteiger partial charge in [0.25, 0.3) is 5.88 Å². The lowest BCUT2D eigenvalue weighted by Crippen LogP contribution is -2.42. The average Bonchev–Trinajstić information content (AvgIpc) is 3.41. The van der Waals surface area contributed by atoms with E-state index in [1.54, 1.807) is 18.2 Å². The van der Waals surface area contributed by atoms with Gasteiger partial charge in [-0.05, 0) is 23.2 Å². The van der Waals surface area contributed by atoms with Gasteiger partial charge in [-0.1, -0.05) is 24.3 Å². The number of methoxy groups -OCH3 is 1. The third-order valence-electron chi connectivity index (χ3n) is 5.06. The summed E-state index contributed by atoms with van der Waals surface area (Å²) in [6, 6.07) is 7.71. The lowest BCUT2D eigenvalue weighted by Gasteiger charge is -2.26. The number of rotatable bonds is 6. The molecule has 1 N–H and O–H groups in total. The minimum Gasteiger partial charge on any atom is -0.479 e. The van der Waals surface area contributed by atoms with Crippen molar-refractivity contribution in [1.82, 2.24) is 20.2 Å². The van der Waals surface area contributed by atoms with E-state index in [4.69, 9.17) is 13.7 Å². The van der Waals surface area contributed by atoms with Gasteiger partial charge in [-0.3, -0.25) is 0 Å². The van der Waals surface area contributed by atoms with Crippen LogP contribution in [0.1, 0.15) is 24.6 Å². The van der Waals surface area contributed by atoms with Crippen LogP contribution in [0.5, 0.6) is 5.88 Å². The lowest BCUT2D eigenvalue weighted by atomic mass is 9.96. The molecule has 0 saturated heterocycles. The molecule has 32 heavy (non-hydrogen) atoms. The van der Waals surface area contributed by atoms with E-state index in [9.17, 15) is 23.1 Å². The molecule has 1 atom stereocenters. The van der Waals surface area contributed by atoms with Crippen LogP contribution in [0.15, 0.2) is 50.3 Å². The van der Waals surface area contributed by atoms with E-state index in [1.165, 1.54) is 26.2 Å². The second kappa shape index (κ2) is 7.79. The molecule has 0 amide bonds. The Labute approximate surface area is 178 Å². The second-order valence-corrected chi connectivity index (χ2v) is 7.06. The van der Waals surface area contributed by atoms with Crippen molar-refractivity contribution < 1.29 is 32.0 Å². The predicted molar refractivity (Wildman–Crippen MR) is 104 cm³/mol. The zero-order valence-corrected chi connectivity index (χ0v) is 16.9. The highest BCUT2D eigenvalue weighted by Gasteiger charge is 2.55. The van der Waals surface area contributed by atoms with E-state index >= 15 is 0 Å². The van der Waals surface area contributed by atoms with E-state index in [2.05, 4.69) is 15.5 Å². The van der Waals surface area contributed by atoms with Crippen LogP contribution in [0, 0.1) is 0 Å². The van der Waals surface area contributed by atoms with Crippen molar-refractivity contribution in [1.29, 1.82) is 0 Å². The minimum absolute atomic E-state index is 0.0324. The third-order valence-corrected chi connectivity index (χ3v) is 5.06. The highest BCUT2D eigenvalue weighted by atomic mass is 19.4. The topological polar surface area (TPSA) is 116 Å². The van der Waals surface area contributed by atoms with Crippen molar-refractivity contribution in [3.05, 3.63) is 58.2 Å². The summed E-state index contributed by atoms with van der Waals surface area (Å²) in [5.41, 5.74) is -3.05. The molecule has 168 valence electrons. The van der Waals surface area contributed by atoms with Crippen LogP contribution < -0.4 is 10.4 Å². The lowest BCUT2D eigenvalue weighted by molar-refractivity contribution is -0.269. The Morgan fingerprint density at radius 2 is 2.00 bits per heavy atom. The van der Waals surface area contributed by atoms with E-state index in [0.717, 1.165) is 10.9 Å². The molecule has 0 fully saturated rings. The highest BCUT2D eigenvalue weighted by molar-refractivity contribution is 5.92. The number of nitrogens with zero attached hydrogens (tertiary/aromatic N) is 4. The first-order chi connectivity index (χ1) is 15.1. The standard InChI is InChI=1S/C20H17F3N4O5/c1-3-19(29,20(21,22)23)16-10-27(26-24-16)9-11-4-5-12-13(7-18(28)31-14(12)6-11)15-8-17(30-2)25-32-15/h4-8,10,29H,3,9H2,1-2H3/t19-/m0/s1. The number of halogens is 3. The van der Waals surface area contributed by atoms with Gasteiger partial charge in [0.1, 0.15) is 11.3 Å². The first-order valence-electron chi connectivity index (χ1n) is 9.42. The van der Waals surface area contributed by atoms with Crippen molar-refractivity contribution in [3.8, 4) is 17.2 Å². The predicted octanol–water partition coefficient (Wildman–Crippen LogP) is 3.26. The Kier molecular flexibility index (Phi) is 5.25. The van der Waals surface area contributed by atoms with Gasteiger partial charge in [-0.25, -0.2) is 9.48 Å². The van der Waals surface area contributed by atoms with Crippen LogP contribution in [0.25, 0.3) is 22.3 Å². The molecule has 0 saturated carbocycles. The molecule has 0 bridgehead atoms. The van der Waals surface area contributed by atoms with E-state index in [0.29, 0.717) is 22.3 Å². The number of ether oxygens (including phenoxy) is 1. The monoisotopic (exact) mass is 450 g/mol. The van der Waals surface area contributed by atoms with Gasteiger partial charge in [0.05, 0.1) is 19.9 Å². The third kappa shape index (κ3) is 3.73. The summed E-state index contributed by atoms with van der Waals surface area (Å²) in [5, 5.41) is 21.5. The summed E-state index contributed by atoms with van der Waals surface area (Å²) in [4.78, 5) is 12.0. The Morgan fingerprint density at radius 3 is 2.66 bits per heavy atom. The van der Waals surface area contributed by atoms with Crippen LogP contribution in [-0.4, -0.2) is 38.5 Å².